The molecule has 2 amide bonds. The summed E-state index contributed by atoms with van der Waals surface area (Å²) in [6.45, 7) is 4.58. The molecule has 160 valence electrons. The van der Waals surface area contributed by atoms with Gasteiger partial charge in [-0.05, 0) is 49.6 Å². The lowest BCUT2D eigenvalue weighted by Gasteiger charge is -2.33. The molecule has 0 bridgehead atoms. The molecule has 0 aromatic heterocycles. The number of para-hydroxylation sites is 1. The second kappa shape index (κ2) is 11.4. The molecule has 1 saturated heterocycles. The lowest BCUT2D eigenvalue weighted by molar-refractivity contribution is -0.127. The second-order valence-electron chi connectivity index (χ2n) is 7.74. The summed E-state index contributed by atoms with van der Waals surface area (Å²) in [7, 11) is 0. The molecule has 0 radical (unpaired) electrons. The zero-order chi connectivity index (χ0) is 21.2. The molecule has 0 aliphatic carbocycles. The molecule has 1 heterocycles. The van der Waals surface area contributed by atoms with Crippen molar-refractivity contribution in [2.75, 3.05) is 19.7 Å². The normalized spacial score (nSPS) is 16.6. The summed E-state index contributed by atoms with van der Waals surface area (Å²) in [6.07, 6.45) is 3.79. The van der Waals surface area contributed by atoms with Crippen molar-refractivity contribution in [3.63, 3.8) is 0 Å². The van der Waals surface area contributed by atoms with Crippen LogP contribution < -0.4 is 15.4 Å². The average Bonchev–Trinajstić information content (AvgIpc) is 2.78. The Hall–Kier alpha value is -2.86. The number of ether oxygens (including phenoxy) is 1. The fourth-order valence-electron chi connectivity index (χ4n) is 3.65. The molecule has 30 heavy (non-hydrogen) atoms. The summed E-state index contributed by atoms with van der Waals surface area (Å²) < 4.78 is 5.38. The van der Waals surface area contributed by atoms with Gasteiger partial charge < -0.3 is 15.4 Å². The van der Waals surface area contributed by atoms with Crippen LogP contribution in [0.1, 0.15) is 37.3 Å². The molecule has 1 atom stereocenters. The van der Waals surface area contributed by atoms with Crippen LogP contribution in [0, 0.1) is 0 Å². The van der Waals surface area contributed by atoms with Crippen LogP contribution in [0.5, 0.6) is 5.75 Å². The third kappa shape index (κ3) is 6.88. The first-order valence-corrected chi connectivity index (χ1v) is 10.6. The molecule has 2 aromatic rings. The lowest BCUT2D eigenvalue weighted by Crippen LogP contribution is -2.39. The molecule has 0 spiro atoms. The molecule has 0 saturated carbocycles. The van der Waals surface area contributed by atoms with Gasteiger partial charge >= 0.3 is 0 Å². The van der Waals surface area contributed by atoms with Crippen molar-refractivity contribution in [2.45, 2.75) is 45.3 Å². The molecule has 1 unspecified atom stereocenters. The number of hydrogen-bond acceptors (Lipinski definition) is 4. The van der Waals surface area contributed by atoms with Crippen LogP contribution in [-0.4, -0.2) is 42.5 Å². The van der Waals surface area contributed by atoms with Crippen LogP contribution in [0.4, 0.5) is 0 Å². The first-order chi connectivity index (χ1) is 14.6. The number of benzene rings is 2. The van der Waals surface area contributed by atoms with Crippen LogP contribution >= 0.6 is 0 Å². The van der Waals surface area contributed by atoms with Crippen molar-refractivity contribution in [3.05, 3.63) is 65.7 Å². The van der Waals surface area contributed by atoms with Gasteiger partial charge in [0, 0.05) is 19.1 Å². The van der Waals surface area contributed by atoms with Gasteiger partial charge in [-0.15, -0.1) is 0 Å². The molecule has 1 aliphatic rings. The van der Waals surface area contributed by atoms with Gasteiger partial charge in [0.25, 0.3) is 5.91 Å². The minimum absolute atomic E-state index is 0.0672. The summed E-state index contributed by atoms with van der Waals surface area (Å²) in [5.74, 6) is 0.0782. The molecular formula is C24H31N3O3. The Kier molecular flexibility index (Phi) is 8.27. The zero-order valence-electron chi connectivity index (χ0n) is 17.6. The predicted octanol–water partition coefficient (Wildman–Crippen LogP) is 2.87. The van der Waals surface area contributed by atoms with Crippen molar-refractivity contribution >= 4 is 11.8 Å². The first-order valence-electron chi connectivity index (χ1n) is 10.6. The zero-order valence-corrected chi connectivity index (χ0v) is 17.6. The molecule has 6 heteroatoms. The van der Waals surface area contributed by atoms with Gasteiger partial charge in [-0.1, -0.05) is 48.9 Å². The molecule has 2 aromatic carbocycles. The van der Waals surface area contributed by atoms with E-state index in [1.165, 1.54) is 24.8 Å². The van der Waals surface area contributed by atoms with E-state index in [2.05, 4.69) is 34.6 Å². The van der Waals surface area contributed by atoms with E-state index in [-0.39, 0.29) is 25.0 Å². The average molecular weight is 410 g/mol. The Morgan fingerprint density at radius 3 is 2.47 bits per heavy atom. The Labute approximate surface area is 178 Å². The standard InChI is InChI=1S/C24H31N3O3/c1-19-9-7-8-14-27(19)17-21-11-6-5-10-20(21)15-25-23(28)16-26-24(29)18-30-22-12-3-2-4-13-22/h2-6,10-13,19H,7-9,14-18H2,1H3,(H,25,28)(H,26,29). The predicted molar refractivity (Wildman–Crippen MR) is 117 cm³/mol. The van der Waals surface area contributed by atoms with Crippen LogP contribution in [0.2, 0.25) is 0 Å². The van der Waals surface area contributed by atoms with Gasteiger partial charge in [-0.3, -0.25) is 14.5 Å². The number of carbonyl (C=O) groups excluding carboxylic acids is 2. The van der Waals surface area contributed by atoms with Gasteiger partial charge in [-0.2, -0.15) is 0 Å². The van der Waals surface area contributed by atoms with Gasteiger partial charge in [0.1, 0.15) is 5.75 Å². The second-order valence-corrected chi connectivity index (χ2v) is 7.74. The van der Waals surface area contributed by atoms with Crippen LogP contribution in [0.25, 0.3) is 0 Å². The van der Waals surface area contributed by atoms with Gasteiger partial charge in [0.2, 0.25) is 5.91 Å². The molecule has 1 aliphatic heterocycles. The fourth-order valence-corrected chi connectivity index (χ4v) is 3.65. The number of carbonyl (C=O) groups is 2. The SMILES string of the molecule is CC1CCCCN1Cc1ccccc1CNC(=O)CNC(=O)COc1ccccc1. The minimum atomic E-state index is -0.325. The lowest BCUT2D eigenvalue weighted by atomic mass is 10.0. The molecule has 6 nitrogen and oxygen atoms in total. The Bertz CT molecular complexity index is 825. The Balaban J connectivity index is 1.41. The first kappa shape index (κ1) is 21.8. The van der Waals surface area contributed by atoms with E-state index in [1.807, 2.05) is 30.3 Å². The van der Waals surface area contributed by atoms with Crippen LogP contribution in [0.15, 0.2) is 54.6 Å². The van der Waals surface area contributed by atoms with E-state index >= 15 is 0 Å². The third-order valence-corrected chi connectivity index (χ3v) is 5.47. The number of amides is 2. The fraction of sp³-hybridized carbons (Fsp3) is 0.417. The van der Waals surface area contributed by atoms with Crippen molar-refractivity contribution < 1.29 is 14.3 Å². The topological polar surface area (TPSA) is 70.7 Å². The van der Waals surface area contributed by atoms with E-state index in [4.69, 9.17) is 4.74 Å². The number of rotatable bonds is 9. The highest BCUT2D eigenvalue weighted by Crippen LogP contribution is 2.20. The maximum atomic E-state index is 12.2. The Morgan fingerprint density at radius 1 is 0.967 bits per heavy atom. The van der Waals surface area contributed by atoms with E-state index in [0.29, 0.717) is 18.3 Å². The third-order valence-electron chi connectivity index (χ3n) is 5.47. The van der Waals surface area contributed by atoms with Crippen molar-refractivity contribution in [1.29, 1.82) is 0 Å². The van der Waals surface area contributed by atoms with Gasteiger partial charge in [0.15, 0.2) is 6.61 Å². The van der Waals surface area contributed by atoms with E-state index in [9.17, 15) is 9.59 Å². The quantitative estimate of drug-likeness (QED) is 0.668. The minimum Gasteiger partial charge on any atom is -0.484 e. The summed E-state index contributed by atoms with van der Waals surface area (Å²) in [6, 6.07) is 17.9. The highest BCUT2D eigenvalue weighted by Gasteiger charge is 2.19. The number of piperidine rings is 1. The summed E-state index contributed by atoms with van der Waals surface area (Å²) in [5, 5.41) is 5.49. The number of nitrogens with zero attached hydrogens (tertiary/aromatic N) is 1. The highest BCUT2D eigenvalue weighted by atomic mass is 16.5. The Morgan fingerprint density at radius 2 is 1.70 bits per heavy atom. The number of nitrogens with one attached hydrogen (secondary N) is 2. The van der Waals surface area contributed by atoms with Crippen LogP contribution in [-0.2, 0) is 22.7 Å². The van der Waals surface area contributed by atoms with Crippen molar-refractivity contribution in [1.82, 2.24) is 15.5 Å². The monoisotopic (exact) mass is 409 g/mol. The summed E-state index contributed by atoms with van der Waals surface area (Å²) >= 11 is 0. The molecule has 3 rings (SSSR count). The van der Waals surface area contributed by atoms with E-state index < -0.39 is 0 Å². The largest absolute Gasteiger partial charge is 0.484 e. The van der Waals surface area contributed by atoms with E-state index in [0.717, 1.165) is 18.7 Å². The van der Waals surface area contributed by atoms with E-state index in [1.54, 1.807) is 12.1 Å². The maximum Gasteiger partial charge on any atom is 0.258 e. The molecule has 2 N–H and O–H groups in total. The number of hydrogen-bond donors (Lipinski definition) is 2. The summed E-state index contributed by atoms with van der Waals surface area (Å²) in [4.78, 5) is 26.6. The van der Waals surface area contributed by atoms with Crippen molar-refractivity contribution in [2.24, 2.45) is 0 Å². The van der Waals surface area contributed by atoms with Crippen molar-refractivity contribution in [3.8, 4) is 5.75 Å². The smallest absolute Gasteiger partial charge is 0.258 e. The maximum absolute atomic E-state index is 12.2. The molecule has 1 fully saturated rings. The van der Waals surface area contributed by atoms with Gasteiger partial charge in [0.05, 0.1) is 6.54 Å². The van der Waals surface area contributed by atoms with Gasteiger partial charge in [-0.25, -0.2) is 0 Å². The highest BCUT2D eigenvalue weighted by molar-refractivity contribution is 5.85. The van der Waals surface area contributed by atoms with Crippen LogP contribution in [0.3, 0.4) is 0 Å². The number of likely N-dealkylation sites (tertiary alicyclic amines) is 1. The molecular weight excluding hydrogens is 378 g/mol. The summed E-state index contributed by atoms with van der Waals surface area (Å²) in [5.41, 5.74) is 2.36.